The summed E-state index contributed by atoms with van der Waals surface area (Å²) in [5, 5.41) is 3.39. The first-order chi connectivity index (χ1) is 8.72. The Morgan fingerprint density at radius 3 is 3.00 bits per heavy atom. The van der Waals surface area contributed by atoms with Gasteiger partial charge >= 0.3 is 0 Å². The number of nitrogens with zero attached hydrogens (tertiary/aromatic N) is 1. The van der Waals surface area contributed by atoms with Crippen LogP contribution in [0.15, 0.2) is 16.7 Å². The van der Waals surface area contributed by atoms with E-state index < -0.39 is 0 Å². The molecule has 2 heterocycles. The van der Waals surface area contributed by atoms with E-state index in [0.29, 0.717) is 17.2 Å². The number of hydrogen-bond donors (Lipinski definition) is 1. The van der Waals surface area contributed by atoms with Crippen LogP contribution in [-0.4, -0.2) is 37.0 Å². The minimum atomic E-state index is 0.0920. The van der Waals surface area contributed by atoms with E-state index in [1.54, 1.807) is 12.3 Å². The van der Waals surface area contributed by atoms with Crippen molar-refractivity contribution >= 4 is 5.91 Å². The molecule has 0 radical (unpaired) electrons. The second kappa shape index (κ2) is 6.05. The molecule has 4 nitrogen and oxygen atoms in total. The Hall–Kier alpha value is -1.29. The van der Waals surface area contributed by atoms with E-state index in [4.69, 9.17) is 4.42 Å². The summed E-state index contributed by atoms with van der Waals surface area (Å²) >= 11 is 0. The molecule has 1 aliphatic heterocycles. The van der Waals surface area contributed by atoms with Crippen LogP contribution in [-0.2, 0) is 0 Å². The lowest BCUT2D eigenvalue weighted by Gasteiger charge is -2.29. The standard InChI is InChI=1S/C14H22N2O2/c1-3-16(10-12-5-4-7-15-9-12)14(17)13-6-8-18-11(13)2/h6,8,12,15H,3-5,7,9-10H2,1-2H3. The van der Waals surface area contributed by atoms with Gasteiger partial charge in [-0.05, 0) is 51.8 Å². The monoisotopic (exact) mass is 250 g/mol. The Morgan fingerprint density at radius 2 is 2.44 bits per heavy atom. The average Bonchev–Trinajstić information content (AvgIpc) is 2.82. The zero-order chi connectivity index (χ0) is 13.0. The molecule has 0 bridgehead atoms. The van der Waals surface area contributed by atoms with E-state index in [2.05, 4.69) is 5.32 Å². The number of hydrogen-bond acceptors (Lipinski definition) is 3. The van der Waals surface area contributed by atoms with Gasteiger partial charge in [0.2, 0.25) is 0 Å². The summed E-state index contributed by atoms with van der Waals surface area (Å²) in [7, 11) is 0. The van der Waals surface area contributed by atoms with Gasteiger partial charge in [0.25, 0.3) is 5.91 Å². The molecule has 4 heteroatoms. The molecule has 1 fully saturated rings. The highest BCUT2D eigenvalue weighted by Gasteiger charge is 2.22. The third kappa shape index (κ3) is 2.93. The van der Waals surface area contributed by atoms with Crippen molar-refractivity contribution in [2.24, 2.45) is 5.92 Å². The summed E-state index contributed by atoms with van der Waals surface area (Å²) in [5.41, 5.74) is 0.695. The smallest absolute Gasteiger partial charge is 0.257 e. The molecular weight excluding hydrogens is 228 g/mol. The van der Waals surface area contributed by atoms with Crippen LogP contribution >= 0.6 is 0 Å². The topological polar surface area (TPSA) is 45.5 Å². The van der Waals surface area contributed by atoms with E-state index in [1.165, 1.54) is 12.8 Å². The molecule has 1 aromatic rings. The maximum Gasteiger partial charge on any atom is 0.257 e. The van der Waals surface area contributed by atoms with Gasteiger partial charge in [0.1, 0.15) is 5.76 Å². The van der Waals surface area contributed by atoms with Crippen molar-refractivity contribution in [1.82, 2.24) is 10.2 Å². The van der Waals surface area contributed by atoms with Gasteiger partial charge < -0.3 is 14.6 Å². The molecule has 18 heavy (non-hydrogen) atoms. The van der Waals surface area contributed by atoms with Crippen molar-refractivity contribution in [3.05, 3.63) is 23.7 Å². The third-order valence-electron chi connectivity index (χ3n) is 3.64. The predicted molar refractivity (Wildman–Crippen MR) is 70.6 cm³/mol. The van der Waals surface area contributed by atoms with Crippen LogP contribution in [0.3, 0.4) is 0 Å². The van der Waals surface area contributed by atoms with E-state index >= 15 is 0 Å². The van der Waals surface area contributed by atoms with Crippen molar-refractivity contribution in [1.29, 1.82) is 0 Å². The quantitative estimate of drug-likeness (QED) is 0.889. The minimum Gasteiger partial charge on any atom is -0.469 e. The summed E-state index contributed by atoms with van der Waals surface area (Å²) in [5.74, 6) is 1.38. The number of furan rings is 1. The Bertz CT molecular complexity index is 394. The fourth-order valence-electron chi connectivity index (χ4n) is 2.52. The summed E-state index contributed by atoms with van der Waals surface area (Å²) in [6, 6.07) is 1.76. The van der Waals surface area contributed by atoms with Crippen LogP contribution in [0.2, 0.25) is 0 Å². The van der Waals surface area contributed by atoms with Gasteiger partial charge in [0, 0.05) is 13.1 Å². The van der Waals surface area contributed by atoms with Crippen molar-refractivity contribution < 1.29 is 9.21 Å². The average molecular weight is 250 g/mol. The van der Waals surface area contributed by atoms with Crippen LogP contribution in [0.4, 0.5) is 0 Å². The van der Waals surface area contributed by atoms with Crippen molar-refractivity contribution in [3.63, 3.8) is 0 Å². The van der Waals surface area contributed by atoms with E-state index in [9.17, 15) is 4.79 Å². The van der Waals surface area contributed by atoms with Crippen LogP contribution < -0.4 is 5.32 Å². The maximum atomic E-state index is 12.4. The lowest BCUT2D eigenvalue weighted by Crippen LogP contribution is -2.41. The molecule has 1 N–H and O–H groups in total. The highest BCUT2D eigenvalue weighted by atomic mass is 16.3. The van der Waals surface area contributed by atoms with Gasteiger partial charge in [-0.3, -0.25) is 4.79 Å². The minimum absolute atomic E-state index is 0.0920. The third-order valence-corrected chi connectivity index (χ3v) is 3.64. The molecule has 0 spiro atoms. The molecule has 1 unspecified atom stereocenters. The normalized spacial score (nSPS) is 19.8. The van der Waals surface area contributed by atoms with Crippen LogP contribution in [0.25, 0.3) is 0 Å². The van der Waals surface area contributed by atoms with Crippen molar-refractivity contribution in [3.8, 4) is 0 Å². The Morgan fingerprint density at radius 1 is 1.61 bits per heavy atom. The van der Waals surface area contributed by atoms with E-state index in [1.807, 2.05) is 18.7 Å². The van der Waals surface area contributed by atoms with Crippen LogP contribution in [0.5, 0.6) is 0 Å². The lowest BCUT2D eigenvalue weighted by atomic mass is 9.99. The highest BCUT2D eigenvalue weighted by Crippen LogP contribution is 2.16. The number of aryl methyl sites for hydroxylation is 1. The number of nitrogens with one attached hydrogen (secondary N) is 1. The fraction of sp³-hybridized carbons (Fsp3) is 0.643. The second-order valence-corrected chi connectivity index (χ2v) is 4.95. The molecule has 0 saturated carbocycles. The van der Waals surface area contributed by atoms with Gasteiger partial charge in [-0.15, -0.1) is 0 Å². The van der Waals surface area contributed by atoms with Crippen LogP contribution in [0.1, 0.15) is 35.9 Å². The molecule has 0 aliphatic carbocycles. The molecule has 1 saturated heterocycles. The molecular formula is C14H22N2O2. The van der Waals surface area contributed by atoms with E-state index in [0.717, 1.165) is 26.2 Å². The number of piperidine rings is 1. The fourth-order valence-corrected chi connectivity index (χ4v) is 2.52. The van der Waals surface area contributed by atoms with Gasteiger partial charge in [-0.1, -0.05) is 0 Å². The molecule has 2 rings (SSSR count). The zero-order valence-electron chi connectivity index (χ0n) is 11.2. The first-order valence-corrected chi connectivity index (χ1v) is 6.76. The van der Waals surface area contributed by atoms with Gasteiger partial charge in [0.05, 0.1) is 11.8 Å². The number of carbonyl (C=O) groups excluding carboxylic acids is 1. The molecule has 1 atom stereocenters. The molecule has 1 aromatic heterocycles. The number of amides is 1. The summed E-state index contributed by atoms with van der Waals surface area (Å²) in [6.07, 6.45) is 4.00. The Kier molecular flexibility index (Phi) is 4.42. The van der Waals surface area contributed by atoms with Crippen molar-refractivity contribution in [2.45, 2.75) is 26.7 Å². The van der Waals surface area contributed by atoms with Crippen LogP contribution in [0, 0.1) is 12.8 Å². The summed E-state index contributed by atoms with van der Waals surface area (Å²) < 4.78 is 5.21. The second-order valence-electron chi connectivity index (χ2n) is 4.95. The predicted octanol–water partition coefficient (Wildman–Crippen LogP) is 2.05. The molecule has 1 amide bonds. The Labute approximate surface area is 108 Å². The summed E-state index contributed by atoms with van der Waals surface area (Å²) in [6.45, 7) is 7.59. The van der Waals surface area contributed by atoms with Gasteiger partial charge in [-0.25, -0.2) is 0 Å². The first-order valence-electron chi connectivity index (χ1n) is 6.76. The van der Waals surface area contributed by atoms with Gasteiger partial charge in [0.15, 0.2) is 0 Å². The lowest BCUT2D eigenvalue weighted by molar-refractivity contribution is 0.0727. The van der Waals surface area contributed by atoms with Gasteiger partial charge in [-0.2, -0.15) is 0 Å². The largest absolute Gasteiger partial charge is 0.469 e. The summed E-state index contributed by atoms with van der Waals surface area (Å²) in [4.78, 5) is 14.3. The molecule has 0 aromatic carbocycles. The number of carbonyl (C=O) groups is 1. The maximum absolute atomic E-state index is 12.4. The Balaban J connectivity index is 1.99. The van der Waals surface area contributed by atoms with Crippen molar-refractivity contribution in [2.75, 3.05) is 26.2 Å². The molecule has 100 valence electrons. The highest BCUT2D eigenvalue weighted by molar-refractivity contribution is 5.95. The molecule has 1 aliphatic rings. The van der Waals surface area contributed by atoms with E-state index in [-0.39, 0.29) is 5.91 Å². The zero-order valence-corrected chi connectivity index (χ0v) is 11.2. The first kappa shape index (κ1) is 13.1. The SMILES string of the molecule is CCN(CC1CCCNC1)C(=O)c1ccoc1C. The number of rotatable bonds is 4.